The fourth-order valence-electron chi connectivity index (χ4n) is 3.19. The number of alkyl halides is 3. The van der Waals surface area contributed by atoms with Gasteiger partial charge in [-0.25, -0.2) is 0 Å². The molecule has 6 heteroatoms. The molecule has 0 heterocycles. The smallest absolute Gasteiger partial charge is 0.421 e. The molecule has 23 heavy (non-hydrogen) atoms. The highest BCUT2D eigenvalue weighted by molar-refractivity contribution is 9.10. The molecule has 1 aliphatic carbocycles. The van der Waals surface area contributed by atoms with E-state index in [4.69, 9.17) is 9.84 Å². The van der Waals surface area contributed by atoms with E-state index in [0.717, 1.165) is 32.1 Å². The minimum Gasteiger partial charge on any atom is -0.490 e. The third-order valence-corrected chi connectivity index (χ3v) is 5.05. The first-order valence-corrected chi connectivity index (χ1v) is 8.73. The zero-order valence-corrected chi connectivity index (χ0v) is 14.7. The molecule has 0 aromatic heterocycles. The van der Waals surface area contributed by atoms with Gasteiger partial charge >= 0.3 is 6.18 Å². The van der Waals surface area contributed by atoms with Crippen molar-refractivity contribution in [1.82, 2.24) is 0 Å². The first-order chi connectivity index (χ1) is 10.8. The van der Waals surface area contributed by atoms with Crippen LogP contribution in [-0.2, 0) is 6.18 Å². The molecular weight excluding hydrogens is 373 g/mol. The molecule has 1 aromatic rings. The number of ether oxygens (including phenoxy) is 1. The van der Waals surface area contributed by atoms with Gasteiger partial charge in [0, 0.05) is 11.1 Å². The molecule has 1 atom stereocenters. The molecular formula is C17H22BrF3O2. The molecule has 0 saturated heterocycles. The van der Waals surface area contributed by atoms with E-state index in [1.54, 1.807) is 6.07 Å². The Morgan fingerprint density at radius 1 is 1.26 bits per heavy atom. The summed E-state index contributed by atoms with van der Waals surface area (Å²) in [7, 11) is 0. The topological polar surface area (TPSA) is 29.5 Å². The molecule has 1 aliphatic rings. The van der Waals surface area contributed by atoms with Gasteiger partial charge in [-0.05, 0) is 56.1 Å². The molecule has 0 unspecified atom stereocenters. The number of aliphatic hydroxyl groups excluding tert-OH is 1. The summed E-state index contributed by atoms with van der Waals surface area (Å²) in [6.45, 7) is 2.20. The second-order valence-electron chi connectivity index (χ2n) is 6.39. The highest BCUT2D eigenvalue weighted by atomic mass is 79.9. The molecule has 1 fully saturated rings. The predicted molar refractivity (Wildman–Crippen MR) is 86.4 cm³/mol. The standard InChI is InChI=1S/C17H22BrF3O2/c1-11(10-22)9-12-5-7-13(8-6-12)23-15-4-2-3-14(18)16(15)17(19,20)21/h2-4,11-13,22H,5-10H2,1H3/t11-,12?,13?/m0/s1. The number of hydrogen-bond donors (Lipinski definition) is 1. The predicted octanol–water partition coefficient (Wildman–Crippen LogP) is 5.42. The average molecular weight is 395 g/mol. The summed E-state index contributed by atoms with van der Waals surface area (Å²) in [5.74, 6) is 0.708. The summed E-state index contributed by atoms with van der Waals surface area (Å²) < 4.78 is 45.2. The van der Waals surface area contributed by atoms with Crippen LogP contribution >= 0.6 is 15.9 Å². The molecule has 2 rings (SSSR count). The highest BCUT2D eigenvalue weighted by Crippen LogP contribution is 2.42. The maximum Gasteiger partial charge on any atom is 0.421 e. The first-order valence-electron chi connectivity index (χ1n) is 7.94. The summed E-state index contributed by atoms with van der Waals surface area (Å²) >= 11 is 2.97. The fourth-order valence-corrected chi connectivity index (χ4v) is 3.76. The Kier molecular flexibility index (Phi) is 6.37. The molecule has 1 aromatic carbocycles. The number of halogens is 4. The van der Waals surface area contributed by atoms with Gasteiger partial charge in [-0.15, -0.1) is 0 Å². The van der Waals surface area contributed by atoms with Crippen LogP contribution in [0.5, 0.6) is 5.75 Å². The Hall–Kier alpha value is -0.750. The van der Waals surface area contributed by atoms with Crippen molar-refractivity contribution >= 4 is 15.9 Å². The van der Waals surface area contributed by atoms with Gasteiger partial charge < -0.3 is 9.84 Å². The van der Waals surface area contributed by atoms with Crippen LogP contribution in [0.2, 0.25) is 0 Å². The lowest BCUT2D eigenvalue weighted by atomic mass is 9.82. The minimum absolute atomic E-state index is 0.00737. The van der Waals surface area contributed by atoms with Gasteiger partial charge in [0.2, 0.25) is 0 Å². The Bertz CT molecular complexity index is 511. The number of hydrogen-bond acceptors (Lipinski definition) is 2. The normalized spacial score (nSPS) is 23.6. The zero-order valence-electron chi connectivity index (χ0n) is 13.1. The van der Waals surface area contributed by atoms with Crippen molar-refractivity contribution in [3.8, 4) is 5.75 Å². The molecule has 0 bridgehead atoms. The molecule has 0 radical (unpaired) electrons. The monoisotopic (exact) mass is 394 g/mol. The van der Waals surface area contributed by atoms with Crippen LogP contribution in [0.3, 0.4) is 0 Å². The summed E-state index contributed by atoms with van der Waals surface area (Å²) in [6.07, 6.45) is -0.267. The quantitative estimate of drug-likeness (QED) is 0.721. The van der Waals surface area contributed by atoms with E-state index in [1.165, 1.54) is 12.1 Å². The molecule has 130 valence electrons. The van der Waals surface area contributed by atoms with Crippen molar-refractivity contribution in [2.45, 2.75) is 51.3 Å². The van der Waals surface area contributed by atoms with Crippen molar-refractivity contribution in [1.29, 1.82) is 0 Å². The van der Waals surface area contributed by atoms with Gasteiger partial charge in [-0.2, -0.15) is 13.2 Å². The van der Waals surface area contributed by atoms with E-state index in [9.17, 15) is 13.2 Å². The largest absolute Gasteiger partial charge is 0.490 e. The Morgan fingerprint density at radius 2 is 1.91 bits per heavy atom. The van der Waals surface area contributed by atoms with E-state index < -0.39 is 11.7 Å². The maximum atomic E-state index is 13.2. The molecule has 2 nitrogen and oxygen atoms in total. The summed E-state index contributed by atoms with van der Waals surface area (Å²) in [5, 5.41) is 9.11. The Balaban J connectivity index is 1.98. The van der Waals surface area contributed by atoms with Gasteiger partial charge in [0.15, 0.2) is 0 Å². The van der Waals surface area contributed by atoms with Crippen LogP contribution in [0.15, 0.2) is 22.7 Å². The van der Waals surface area contributed by atoms with E-state index in [0.29, 0.717) is 5.92 Å². The van der Waals surface area contributed by atoms with E-state index >= 15 is 0 Å². The van der Waals surface area contributed by atoms with Crippen molar-refractivity contribution in [2.24, 2.45) is 11.8 Å². The third kappa shape index (κ3) is 5.11. The third-order valence-electron chi connectivity index (χ3n) is 4.39. The lowest BCUT2D eigenvalue weighted by Crippen LogP contribution is -2.26. The van der Waals surface area contributed by atoms with Gasteiger partial charge in [0.05, 0.1) is 6.10 Å². The molecule has 0 spiro atoms. The van der Waals surface area contributed by atoms with E-state index in [2.05, 4.69) is 15.9 Å². The SMILES string of the molecule is C[C@H](CO)CC1CCC(Oc2cccc(Br)c2C(F)(F)F)CC1. The van der Waals surface area contributed by atoms with Crippen LogP contribution in [-0.4, -0.2) is 17.8 Å². The van der Waals surface area contributed by atoms with E-state index in [-0.39, 0.29) is 28.9 Å². The lowest BCUT2D eigenvalue weighted by molar-refractivity contribution is -0.140. The fraction of sp³-hybridized carbons (Fsp3) is 0.647. The van der Waals surface area contributed by atoms with Crippen LogP contribution in [0.25, 0.3) is 0 Å². The number of rotatable bonds is 5. The molecule has 0 aliphatic heterocycles. The van der Waals surface area contributed by atoms with Gasteiger partial charge in [-0.1, -0.05) is 28.9 Å². The number of aliphatic hydroxyl groups is 1. The van der Waals surface area contributed by atoms with E-state index in [1.807, 2.05) is 6.92 Å². The zero-order chi connectivity index (χ0) is 17.0. The average Bonchev–Trinajstić information content (AvgIpc) is 2.48. The van der Waals surface area contributed by atoms with Crippen molar-refractivity contribution in [2.75, 3.05) is 6.61 Å². The summed E-state index contributed by atoms with van der Waals surface area (Å²) in [6, 6.07) is 4.32. The van der Waals surface area contributed by atoms with Gasteiger partial charge in [-0.3, -0.25) is 0 Å². The van der Waals surface area contributed by atoms with Crippen LogP contribution in [0, 0.1) is 11.8 Å². The van der Waals surface area contributed by atoms with Gasteiger partial charge in [0.25, 0.3) is 0 Å². The summed E-state index contributed by atoms with van der Waals surface area (Å²) in [4.78, 5) is 0. The van der Waals surface area contributed by atoms with Crippen LogP contribution in [0.4, 0.5) is 13.2 Å². The minimum atomic E-state index is -4.44. The first kappa shape index (κ1) is 18.6. The summed E-state index contributed by atoms with van der Waals surface area (Å²) in [5.41, 5.74) is -0.740. The highest BCUT2D eigenvalue weighted by Gasteiger charge is 2.37. The maximum absolute atomic E-state index is 13.2. The molecule has 0 amide bonds. The molecule has 1 N–H and O–H groups in total. The van der Waals surface area contributed by atoms with Crippen molar-refractivity contribution in [3.05, 3.63) is 28.2 Å². The second-order valence-corrected chi connectivity index (χ2v) is 7.25. The van der Waals surface area contributed by atoms with Crippen LogP contribution in [0.1, 0.15) is 44.6 Å². The van der Waals surface area contributed by atoms with Crippen LogP contribution < -0.4 is 4.74 Å². The molecule has 1 saturated carbocycles. The Labute approximate surface area is 143 Å². The number of benzene rings is 1. The van der Waals surface area contributed by atoms with Crippen molar-refractivity contribution in [3.63, 3.8) is 0 Å². The second kappa shape index (κ2) is 7.88. The lowest BCUT2D eigenvalue weighted by Gasteiger charge is -2.31. The van der Waals surface area contributed by atoms with Gasteiger partial charge in [0.1, 0.15) is 11.3 Å². The Morgan fingerprint density at radius 3 is 2.48 bits per heavy atom. The van der Waals surface area contributed by atoms with Crippen molar-refractivity contribution < 1.29 is 23.0 Å².